The van der Waals surface area contributed by atoms with Crippen molar-refractivity contribution in [2.45, 2.75) is 30.8 Å². The first-order valence-corrected chi connectivity index (χ1v) is 3.78. The molecule has 6 N–H and O–H groups in total. The molecule has 13 heavy (non-hydrogen) atoms. The minimum atomic E-state index is -1.95. The summed E-state index contributed by atoms with van der Waals surface area (Å²) >= 11 is 0. The lowest BCUT2D eigenvalue weighted by Crippen LogP contribution is -2.59. The summed E-state index contributed by atoms with van der Waals surface area (Å²) in [4.78, 5) is 10.2. The number of hydrogen-bond donors (Lipinski definition) is 5. The van der Waals surface area contributed by atoms with Gasteiger partial charge in [0.05, 0.1) is 12.6 Å². The van der Waals surface area contributed by atoms with Crippen molar-refractivity contribution in [1.29, 1.82) is 0 Å². The molecule has 0 fully saturated rings. The third kappa shape index (κ3) is 2.71. The Morgan fingerprint density at radius 1 is 1.54 bits per heavy atom. The van der Waals surface area contributed by atoms with Crippen molar-refractivity contribution in [1.82, 2.24) is 0 Å². The second-order valence-electron chi connectivity index (χ2n) is 3.08. The topological polar surface area (TPSA) is 124 Å². The highest BCUT2D eigenvalue weighted by atomic mass is 16.4. The number of aliphatic hydroxyl groups is 4. The zero-order valence-electron chi connectivity index (χ0n) is 7.29. The van der Waals surface area contributed by atoms with Gasteiger partial charge in [-0.05, 0) is 6.92 Å². The maximum absolute atomic E-state index is 10.2. The molecule has 4 atom stereocenters. The highest BCUT2D eigenvalue weighted by molar-refractivity contribution is 5.59. The summed E-state index contributed by atoms with van der Waals surface area (Å²) in [6.07, 6.45) is -2.94. The van der Waals surface area contributed by atoms with Crippen LogP contribution >= 0.6 is 0 Å². The standard InChI is InChI=1S/C7H15NO5/c1-7(13,5(8)3-10)6(12)4(11)2-9/h3-6,9,11-13H,2,8H2,1H3/t4-,5+,6-,7-/m1/s1. The predicted molar refractivity (Wildman–Crippen MR) is 43.8 cm³/mol. The Balaban J connectivity index is 4.51. The summed E-state index contributed by atoms with van der Waals surface area (Å²) in [5, 5.41) is 36.2. The zero-order valence-corrected chi connectivity index (χ0v) is 7.29. The molecule has 0 spiro atoms. The fourth-order valence-corrected chi connectivity index (χ4v) is 0.824. The van der Waals surface area contributed by atoms with Crippen LogP contribution in [-0.4, -0.2) is 57.2 Å². The van der Waals surface area contributed by atoms with Crippen molar-refractivity contribution in [3.63, 3.8) is 0 Å². The lowest BCUT2D eigenvalue weighted by molar-refractivity contribution is -0.143. The molecule has 6 heteroatoms. The van der Waals surface area contributed by atoms with Gasteiger partial charge >= 0.3 is 0 Å². The van der Waals surface area contributed by atoms with E-state index >= 15 is 0 Å². The van der Waals surface area contributed by atoms with E-state index in [0.717, 1.165) is 6.92 Å². The second-order valence-corrected chi connectivity index (χ2v) is 3.08. The molecule has 6 nitrogen and oxygen atoms in total. The Bertz CT molecular complexity index is 172. The number of aliphatic hydroxyl groups excluding tert-OH is 3. The third-order valence-corrected chi connectivity index (χ3v) is 1.97. The smallest absolute Gasteiger partial charge is 0.139 e. The van der Waals surface area contributed by atoms with Gasteiger partial charge in [-0.2, -0.15) is 0 Å². The van der Waals surface area contributed by atoms with Gasteiger partial charge in [0, 0.05) is 0 Å². The van der Waals surface area contributed by atoms with E-state index in [-0.39, 0.29) is 6.29 Å². The van der Waals surface area contributed by atoms with Crippen LogP contribution in [0.1, 0.15) is 6.92 Å². The molecule has 0 aromatic rings. The van der Waals surface area contributed by atoms with Crippen LogP contribution in [0, 0.1) is 0 Å². The minimum Gasteiger partial charge on any atom is -0.394 e. The molecule has 0 amide bonds. The first-order valence-electron chi connectivity index (χ1n) is 3.78. The van der Waals surface area contributed by atoms with E-state index in [0.29, 0.717) is 0 Å². The van der Waals surface area contributed by atoms with Gasteiger partial charge in [0.2, 0.25) is 0 Å². The van der Waals surface area contributed by atoms with Gasteiger partial charge < -0.3 is 31.0 Å². The van der Waals surface area contributed by atoms with Crippen molar-refractivity contribution in [3.8, 4) is 0 Å². The van der Waals surface area contributed by atoms with E-state index in [1.165, 1.54) is 0 Å². The molecule has 0 aliphatic carbocycles. The van der Waals surface area contributed by atoms with Crippen LogP contribution in [0.15, 0.2) is 0 Å². The summed E-state index contributed by atoms with van der Waals surface area (Å²) in [7, 11) is 0. The zero-order chi connectivity index (χ0) is 10.6. The second kappa shape index (κ2) is 4.64. The van der Waals surface area contributed by atoms with Gasteiger partial charge in [-0.15, -0.1) is 0 Å². The number of aldehydes is 1. The van der Waals surface area contributed by atoms with E-state index in [1.807, 2.05) is 0 Å². The van der Waals surface area contributed by atoms with Crippen molar-refractivity contribution in [2.24, 2.45) is 5.73 Å². The minimum absolute atomic E-state index is 0.257. The molecular weight excluding hydrogens is 178 g/mol. The fourth-order valence-electron chi connectivity index (χ4n) is 0.824. The van der Waals surface area contributed by atoms with Gasteiger partial charge in [-0.25, -0.2) is 0 Å². The van der Waals surface area contributed by atoms with E-state index in [2.05, 4.69) is 0 Å². The predicted octanol–water partition coefficient (Wildman–Crippen LogP) is -3.02. The van der Waals surface area contributed by atoms with Gasteiger partial charge in [0.25, 0.3) is 0 Å². The van der Waals surface area contributed by atoms with Crippen molar-refractivity contribution in [3.05, 3.63) is 0 Å². The maximum Gasteiger partial charge on any atom is 0.139 e. The van der Waals surface area contributed by atoms with E-state index in [4.69, 9.17) is 15.9 Å². The van der Waals surface area contributed by atoms with Crippen LogP contribution in [0.5, 0.6) is 0 Å². The first kappa shape index (κ1) is 12.5. The first-order chi connectivity index (χ1) is 5.87. The quantitative estimate of drug-likeness (QED) is 0.296. The van der Waals surface area contributed by atoms with Crippen LogP contribution in [0.4, 0.5) is 0 Å². The van der Waals surface area contributed by atoms with Gasteiger partial charge in [-0.3, -0.25) is 0 Å². The van der Waals surface area contributed by atoms with E-state index in [9.17, 15) is 15.0 Å². The van der Waals surface area contributed by atoms with Crippen LogP contribution in [-0.2, 0) is 4.79 Å². The van der Waals surface area contributed by atoms with Crippen molar-refractivity contribution >= 4 is 6.29 Å². The van der Waals surface area contributed by atoms with Crippen LogP contribution in [0.3, 0.4) is 0 Å². The third-order valence-electron chi connectivity index (χ3n) is 1.97. The molecule has 0 saturated carbocycles. The molecule has 0 aliphatic heterocycles. The Labute approximate surface area is 75.6 Å². The maximum atomic E-state index is 10.2. The fraction of sp³-hybridized carbons (Fsp3) is 0.857. The summed E-state index contributed by atoms with van der Waals surface area (Å²) in [6.45, 7) is 0.387. The average Bonchev–Trinajstić information content (AvgIpc) is 2.13. The number of nitrogens with two attached hydrogens (primary N) is 1. The molecule has 0 rings (SSSR count). The molecule has 0 aromatic carbocycles. The summed E-state index contributed by atoms with van der Waals surface area (Å²) in [5.74, 6) is 0. The lowest BCUT2D eigenvalue weighted by atomic mass is 9.88. The Morgan fingerprint density at radius 3 is 2.31 bits per heavy atom. The lowest BCUT2D eigenvalue weighted by Gasteiger charge is -2.33. The van der Waals surface area contributed by atoms with Crippen LogP contribution in [0.2, 0.25) is 0 Å². The Morgan fingerprint density at radius 2 is 2.00 bits per heavy atom. The van der Waals surface area contributed by atoms with E-state index in [1.54, 1.807) is 0 Å². The summed E-state index contributed by atoms with van der Waals surface area (Å²) < 4.78 is 0. The summed E-state index contributed by atoms with van der Waals surface area (Å²) in [6, 6.07) is -1.32. The molecule has 0 unspecified atom stereocenters. The average molecular weight is 193 g/mol. The Kier molecular flexibility index (Phi) is 4.45. The summed E-state index contributed by atoms with van der Waals surface area (Å²) in [5.41, 5.74) is 3.22. The van der Waals surface area contributed by atoms with E-state index < -0.39 is 30.5 Å². The number of rotatable bonds is 5. The molecule has 0 heterocycles. The largest absolute Gasteiger partial charge is 0.394 e. The van der Waals surface area contributed by atoms with Crippen molar-refractivity contribution in [2.75, 3.05) is 6.61 Å². The van der Waals surface area contributed by atoms with Crippen LogP contribution in [0.25, 0.3) is 0 Å². The number of carbonyl (C=O) groups is 1. The molecular formula is C7H15NO5. The SMILES string of the molecule is C[C@](O)([C@H](O)[C@H](O)CO)[C@@H](N)C=O. The molecule has 0 saturated heterocycles. The molecule has 0 aliphatic rings. The number of carbonyl (C=O) groups excluding carboxylic acids is 1. The highest BCUT2D eigenvalue weighted by Crippen LogP contribution is 2.15. The normalized spacial score (nSPS) is 22.9. The molecule has 0 aromatic heterocycles. The van der Waals surface area contributed by atoms with Gasteiger partial charge in [0.15, 0.2) is 0 Å². The Hall–Kier alpha value is -0.530. The highest BCUT2D eigenvalue weighted by Gasteiger charge is 2.40. The number of hydrogen-bond acceptors (Lipinski definition) is 6. The van der Waals surface area contributed by atoms with Crippen LogP contribution < -0.4 is 5.73 Å². The molecule has 78 valence electrons. The van der Waals surface area contributed by atoms with Gasteiger partial charge in [0.1, 0.15) is 24.1 Å². The monoisotopic (exact) mass is 193 g/mol. The van der Waals surface area contributed by atoms with Crippen molar-refractivity contribution < 1.29 is 25.2 Å². The van der Waals surface area contributed by atoms with Gasteiger partial charge in [-0.1, -0.05) is 0 Å². The molecule has 0 bridgehead atoms. The molecule has 0 radical (unpaired) electrons.